The van der Waals surface area contributed by atoms with Gasteiger partial charge in [0.15, 0.2) is 0 Å². The minimum Gasteiger partial charge on any atom is -0.273 e. The fourth-order valence-corrected chi connectivity index (χ4v) is 3.81. The first-order valence-electron chi connectivity index (χ1n) is 7.33. The first-order chi connectivity index (χ1) is 11.5. The molecule has 0 aliphatic carbocycles. The molecule has 0 saturated carbocycles. The van der Waals surface area contributed by atoms with Crippen LogP contribution in [0.5, 0.6) is 0 Å². The van der Waals surface area contributed by atoms with E-state index in [0.29, 0.717) is 5.13 Å². The van der Waals surface area contributed by atoms with Crippen LogP contribution in [0.2, 0.25) is 0 Å². The number of hydrazine groups is 1. The van der Waals surface area contributed by atoms with Gasteiger partial charge in [-0.2, -0.15) is 0 Å². The molecule has 124 valence electrons. The Labute approximate surface area is 147 Å². The van der Waals surface area contributed by atoms with Gasteiger partial charge in [0.1, 0.15) is 5.82 Å². The molecule has 0 atom stereocenters. The number of benzene rings is 2. The molecule has 1 heterocycles. The standard InChI is InChI=1S/C17H16FN3OS2/c1-10-3-4-11(2)16-15(10)19-17(24-16)21-20-14(22)9-23-13-7-5-12(18)6-8-13/h3-8H,9H2,1-2H3,(H,19,21)(H,20,22). The average Bonchev–Trinajstić information content (AvgIpc) is 3.01. The van der Waals surface area contributed by atoms with Gasteiger partial charge in [0.25, 0.3) is 0 Å². The van der Waals surface area contributed by atoms with Crippen molar-refractivity contribution in [3.8, 4) is 0 Å². The van der Waals surface area contributed by atoms with Gasteiger partial charge in [-0.1, -0.05) is 23.5 Å². The summed E-state index contributed by atoms with van der Waals surface area (Å²) in [5, 5.41) is 0.655. The smallest absolute Gasteiger partial charge is 0.248 e. The SMILES string of the molecule is Cc1ccc(C)c2sc(NNC(=O)CSc3ccc(F)cc3)nc12. The van der Waals surface area contributed by atoms with Crippen LogP contribution in [0.15, 0.2) is 41.3 Å². The summed E-state index contributed by atoms with van der Waals surface area (Å²) < 4.78 is 14.0. The molecular formula is C17H16FN3OS2. The second-order valence-electron chi connectivity index (χ2n) is 5.31. The van der Waals surface area contributed by atoms with Crippen molar-refractivity contribution in [1.82, 2.24) is 10.4 Å². The number of halogens is 1. The number of anilines is 1. The lowest BCUT2D eigenvalue weighted by atomic mass is 10.1. The van der Waals surface area contributed by atoms with Crippen molar-refractivity contribution in [1.29, 1.82) is 0 Å². The Kier molecular flexibility index (Phi) is 5.01. The van der Waals surface area contributed by atoms with Crippen LogP contribution in [-0.4, -0.2) is 16.6 Å². The molecule has 0 fully saturated rings. The third-order valence-corrected chi connectivity index (χ3v) is 5.55. The van der Waals surface area contributed by atoms with Crippen molar-refractivity contribution >= 4 is 44.4 Å². The Morgan fingerprint density at radius 1 is 1.17 bits per heavy atom. The summed E-state index contributed by atoms with van der Waals surface area (Å²) in [7, 11) is 0. The molecule has 3 aromatic rings. The van der Waals surface area contributed by atoms with Crippen LogP contribution in [0.4, 0.5) is 9.52 Å². The van der Waals surface area contributed by atoms with Crippen molar-refractivity contribution in [3.05, 3.63) is 53.3 Å². The summed E-state index contributed by atoms with van der Waals surface area (Å²) in [6.07, 6.45) is 0. The van der Waals surface area contributed by atoms with Crippen molar-refractivity contribution in [2.24, 2.45) is 0 Å². The zero-order chi connectivity index (χ0) is 17.1. The number of thiazole rings is 1. The minimum absolute atomic E-state index is 0.169. The number of aromatic nitrogens is 1. The highest BCUT2D eigenvalue weighted by molar-refractivity contribution is 8.00. The van der Waals surface area contributed by atoms with Gasteiger partial charge in [0.05, 0.1) is 16.0 Å². The van der Waals surface area contributed by atoms with Crippen LogP contribution < -0.4 is 10.9 Å². The third-order valence-electron chi connectivity index (χ3n) is 3.43. The molecule has 0 spiro atoms. The van der Waals surface area contributed by atoms with E-state index in [9.17, 15) is 9.18 Å². The second-order valence-corrected chi connectivity index (χ2v) is 7.36. The van der Waals surface area contributed by atoms with Crippen LogP contribution in [0, 0.1) is 19.7 Å². The van der Waals surface area contributed by atoms with E-state index in [1.54, 1.807) is 12.1 Å². The minimum atomic E-state index is -0.285. The predicted molar refractivity (Wildman–Crippen MR) is 98.0 cm³/mol. The number of nitrogens with one attached hydrogen (secondary N) is 2. The summed E-state index contributed by atoms with van der Waals surface area (Å²) in [4.78, 5) is 17.3. The number of nitrogens with zero attached hydrogens (tertiary/aromatic N) is 1. The van der Waals surface area contributed by atoms with E-state index < -0.39 is 0 Å². The van der Waals surface area contributed by atoms with Crippen LogP contribution >= 0.6 is 23.1 Å². The molecule has 24 heavy (non-hydrogen) atoms. The maximum absolute atomic E-state index is 12.8. The molecule has 4 nitrogen and oxygen atoms in total. The molecule has 7 heteroatoms. The number of thioether (sulfide) groups is 1. The number of amides is 1. The van der Waals surface area contributed by atoms with Gasteiger partial charge in [0, 0.05) is 4.90 Å². The predicted octanol–water partition coefficient (Wildman–Crippen LogP) is 4.29. The number of rotatable bonds is 5. The van der Waals surface area contributed by atoms with Gasteiger partial charge in [0.2, 0.25) is 11.0 Å². The summed E-state index contributed by atoms with van der Waals surface area (Å²) in [6, 6.07) is 10.2. The maximum atomic E-state index is 12.8. The second kappa shape index (κ2) is 7.19. The monoisotopic (exact) mass is 361 g/mol. The Morgan fingerprint density at radius 3 is 2.58 bits per heavy atom. The molecule has 0 aliphatic heterocycles. The normalized spacial score (nSPS) is 10.8. The molecule has 2 aromatic carbocycles. The Hall–Kier alpha value is -2.12. The summed E-state index contributed by atoms with van der Waals surface area (Å²) >= 11 is 2.86. The molecule has 0 unspecified atom stereocenters. The molecule has 0 saturated heterocycles. The number of aryl methyl sites for hydroxylation is 2. The fourth-order valence-electron chi connectivity index (χ4n) is 2.15. The van der Waals surface area contributed by atoms with Crippen LogP contribution in [0.3, 0.4) is 0 Å². The molecule has 0 bridgehead atoms. The van der Waals surface area contributed by atoms with E-state index in [4.69, 9.17) is 0 Å². The highest BCUT2D eigenvalue weighted by atomic mass is 32.2. The number of fused-ring (bicyclic) bond motifs is 1. The first-order valence-corrected chi connectivity index (χ1v) is 9.13. The van der Waals surface area contributed by atoms with Crippen molar-refractivity contribution in [2.45, 2.75) is 18.7 Å². The van der Waals surface area contributed by atoms with E-state index in [2.05, 4.69) is 21.9 Å². The van der Waals surface area contributed by atoms with Crippen LogP contribution in [0.25, 0.3) is 10.2 Å². The Bertz CT molecular complexity index is 838. The van der Waals surface area contributed by atoms with E-state index in [-0.39, 0.29) is 17.5 Å². The number of carbonyl (C=O) groups is 1. The number of hydrogen-bond acceptors (Lipinski definition) is 5. The summed E-state index contributed by atoms with van der Waals surface area (Å²) in [5.41, 5.74) is 8.74. The largest absolute Gasteiger partial charge is 0.273 e. The Balaban J connectivity index is 1.57. The molecule has 0 aliphatic rings. The van der Waals surface area contributed by atoms with Crippen molar-refractivity contribution in [2.75, 3.05) is 11.2 Å². The lowest BCUT2D eigenvalue weighted by Gasteiger charge is -2.05. The number of carbonyl (C=O) groups excluding carboxylic acids is 1. The molecule has 1 amide bonds. The lowest BCUT2D eigenvalue weighted by Crippen LogP contribution is -2.30. The van der Waals surface area contributed by atoms with Gasteiger partial charge in [-0.15, -0.1) is 11.8 Å². The van der Waals surface area contributed by atoms with Crippen molar-refractivity contribution < 1.29 is 9.18 Å². The zero-order valence-corrected chi connectivity index (χ0v) is 14.9. The van der Waals surface area contributed by atoms with Crippen molar-refractivity contribution in [3.63, 3.8) is 0 Å². The lowest BCUT2D eigenvalue weighted by molar-refractivity contribution is -0.118. The summed E-state index contributed by atoms with van der Waals surface area (Å²) in [6.45, 7) is 4.06. The molecule has 0 radical (unpaired) electrons. The fraction of sp³-hybridized carbons (Fsp3) is 0.176. The van der Waals surface area contributed by atoms with E-state index in [1.807, 2.05) is 19.9 Å². The van der Waals surface area contributed by atoms with Gasteiger partial charge in [-0.05, 0) is 49.2 Å². The molecule has 3 rings (SSSR count). The van der Waals surface area contributed by atoms with E-state index in [1.165, 1.54) is 40.8 Å². The zero-order valence-electron chi connectivity index (χ0n) is 13.2. The maximum Gasteiger partial charge on any atom is 0.248 e. The first kappa shape index (κ1) is 16.7. The van der Waals surface area contributed by atoms with Gasteiger partial charge >= 0.3 is 0 Å². The highest BCUT2D eigenvalue weighted by Gasteiger charge is 2.09. The summed E-state index contributed by atoms with van der Waals surface area (Å²) in [5.74, 6) is -0.217. The third kappa shape index (κ3) is 3.85. The van der Waals surface area contributed by atoms with Gasteiger partial charge in [-0.3, -0.25) is 15.6 Å². The van der Waals surface area contributed by atoms with E-state index >= 15 is 0 Å². The highest BCUT2D eigenvalue weighted by Crippen LogP contribution is 2.30. The topological polar surface area (TPSA) is 54.0 Å². The van der Waals surface area contributed by atoms with Gasteiger partial charge in [-0.25, -0.2) is 9.37 Å². The van der Waals surface area contributed by atoms with E-state index in [0.717, 1.165) is 20.7 Å². The average molecular weight is 361 g/mol. The van der Waals surface area contributed by atoms with Gasteiger partial charge < -0.3 is 0 Å². The quantitative estimate of drug-likeness (QED) is 0.526. The van der Waals surface area contributed by atoms with Crippen LogP contribution in [-0.2, 0) is 4.79 Å². The van der Waals surface area contributed by atoms with Crippen LogP contribution in [0.1, 0.15) is 11.1 Å². The Morgan fingerprint density at radius 2 is 1.88 bits per heavy atom. The molecule has 1 aromatic heterocycles. The molecular weight excluding hydrogens is 345 g/mol. The number of hydrogen-bond donors (Lipinski definition) is 2. The molecule has 2 N–H and O–H groups in total.